The molecule has 1 N–H and O–H groups in total. The van der Waals surface area contributed by atoms with Gasteiger partial charge >= 0.3 is 0 Å². The molecule has 3 aromatic heterocycles. The fourth-order valence-electron chi connectivity index (χ4n) is 1.87. The molecule has 3 heterocycles. The molecule has 3 aromatic rings. The zero-order valence-corrected chi connectivity index (χ0v) is 13.2. The number of hydrogen-bond donors (Lipinski definition) is 1. The Labute approximate surface area is 127 Å². The first kappa shape index (κ1) is 12.8. The smallest absolute Gasteiger partial charge is 0.215 e. The first-order chi connectivity index (χ1) is 9.17. The molecule has 3 rings (SSSR count). The predicted octanol–water partition coefficient (Wildman–Crippen LogP) is 3.97. The summed E-state index contributed by atoms with van der Waals surface area (Å²) in [5.41, 5.74) is 1.73. The fourth-order valence-corrected chi connectivity index (χ4v) is 3.60. The summed E-state index contributed by atoms with van der Waals surface area (Å²) in [6.07, 6.45) is 0. The summed E-state index contributed by atoms with van der Waals surface area (Å²) >= 11 is 10.5. The Balaban J connectivity index is 2.11. The number of fused-ring (bicyclic) bond motifs is 1. The number of hydrogen-bond acceptors (Lipinski definition) is 4. The monoisotopic (exact) mass is 355 g/mol. The Morgan fingerprint density at radius 1 is 1.42 bits per heavy atom. The lowest BCUT2D eigenvalue weighted by Gasteiger charge is -2.03. The van der Waals surface area contributed by atoms with Crippen LogP contribution in [0.25, 0.3) is 11.2 Å². The third-order valence-electron chi connectivity index (χ3n) is 2.74. The summed E-state index contributed by atoms with van der Waals surface area (Å²) in [6.45, 7) is 0.704. The molecule has 0 atom stereocenters. The predicted molar refractivity (Wildman–Crippen MR) is 82.6 cm³/mol. The van der Waals surface area contributed by atoms with Crippen LogP contribution in [0, 0.1) is 4.77 Å². The number of thiophene rings is 1. The minimum atomic E-state index is 0.586. The van der Waals surface area contributed by atoms with Gasteiger partial charge in [0.15, 0.2) is 10.4 Å². The fraction of sp³-hybridized carbons (Fsp3) is 0.167. The van der Waals surface area contributed by atoms with Crippen molar-refractivity contribution >= 4 is 50.6 Å². The van der Waals surface area contributed by atoms with Crippen molar-refractivity contribution in [3.05, 3.63) is 37.7 Å². The number of methoxy groups -OCH3 is 1. The molecule has 0 fully saturated rings. The van der Waals surface area contributed by atoms with Crippen LogP contribution in [0.1, 0.15) is 4.88 Å². The van der Waals surface area contributed by atoms with Gasteiger partial charge in [-0.2, -0.15) is 4.98 Å². The number of imidazole rings is 1. The third kappa shape index (κ3) is 2.45. The highest BCUT2D eigenvalue weighted by Gasteiger charge is 2.09. The Kier molecular flexibility index (Phi) is 3.42. The molecule has 98 valence electrons. The highest BCUT2D eigenvalue weighted by Crippen LogP contribution is 2.24. The number of aromatic amines is 1. The van der Waals surface area contributed by atoms with E-state index in [2.05, 4.69) is 32.0 Å². The maximum atomic E-state index is 5.36. The molecule has 0 saturated heterocycles. The van der Waals surface area contributed by atoms with Crippen LogP contribution in [-0.2, 0) is 6.54 Å². The van der Waals surface area contributed by atoms with E-state index in [1.807, 2.05) is 22.8 Å². The van der Waals surface area contributed by atoms with Gasteiger partial charge in [-0.25, -0.2) is 0 Å². The van der Waals surface area contributed by atoms with Gasteiger partial charge in [-0.15, -0.1) is 11.3 Å². The molecule has 0 aliphatic heterocycles. The van der Waals surface area contributed by atoms with Gasteiger partial charge in [0.05, 0.1) is 23.0 Å². The van der Waals surface area contributed by atoms with E-state index in [0.717, 1.165) is 15.0 Å². The zero-order chi connectivity index (χ0) is 13.4. The molecule has 7 heteroatoms. The van der Waals surface area contributed by atoms with E-state index < -0.39 is 0 Å². The summed E-state index contributed by atoms with van der Waals surface area (Å²) in [4.78, 5) is 8.83. The van der Waals surface area contributed by atoms with Gasteiger partial charge in [-0.05, 0) is 46.3 Å². The SMILES string of the molecule is COc1ccc2[nH]c(=S)n(Cc3ccc(Br)s3)c2n1. The van der Waals surface area contributed by atoms with Gasteiger partial charge in [0.2, 0.25) is 5.88 Å². The van der Waals surface area contributed by atoms with E-state index in [0.29, 0.717) is 17.2 Å². The summed E-state index contributed by atoms with van der Waals surface area (Å²) in [6, 6.07) is 7.86. The molecular formula is C12H10BrN3OS2. The van der Waals surface area contributed by atoms with Crippen molar-refractivity contribution < 1.29 is 4.74 Å². The van der Waals surface area contributed by atoms with E-state index in [9.17, 15) is 0 Å². The Morgan fingerprint density at radius 3 is 2.95 bits per heavy atom. The Bertz CT molecular complexity index is 790. The quantitative estimate of drug-likeness (QED) is 0.722. The largest absolute Gasteiger partial charge is 0.481 e. The van der Waals surface area contributed by atoms with E-state index in [-0.39, 0.29) is 0 Å². The molecule has 0 aliphatic rings. The topological polar surface area (TPSA) is 42.8 Å². The van der Waals surface area contributed by atoms with Crippen molar-refractivity contribution in [3.63, 3.8) is 0 Å². The van der Waals surface area contributed by atoms with Crippen LogP contribution < -0.4 is 4.74 Å². The van der Waals surface area contributed by atoms with Gasteiger partial charge < -0.3 is 9.72 Å². The average molecular weight is 356 g/mol. The lowest BCUT2D eigenvalue weighted by Crippen LogP contribution is -1.99. The first-order valence-corrected chi connectivity index (χ1v) is 7.57. The highest BCUT2D eigenvalue weighted by atomic mass is 79.9. The normalized spacial score (nSPS) is 11.1. The van der Waals surface area contributed by atoms with Crippen LogP contribution in [0.4, 0.5) is 0 Å². The molecule has 19 heavy (non-hydrogen) atoms. The van der Waals surface area contributed by atoms with E-state index in [1.165, 1.54) is 4.88 Å². The van der Waals surface area contributed by atoms with Crippen LogP contribution in [0.15, 0.2) is 28.1 Å². The number of nitrogens with one attached hydrogen (secondary N) is 1. The van der Waals surface area contributed by atoms with Gasteiger partial charge in [0.25, 0.3) is 0 Å². The van der Waals surface area contributed by atoms with Crippen molar-refractivity contribution in [3.8, 4) is 5.88 Å². The van der Waals surface area contributed by atoms with Crippen LogP contribution >= 0.6 is 39.5 Å². The standard InChI is InChI=1S/C12H10BrN3OS2/c1-17-10-5-3-8-11(15-10)16(12(18)14-8)6-7-2-4-9(13)19-7/h2-5H,6H2,1H3,(H,14,18). The second-order valence-corrected chi connectivity index (χ2v) is 6.88. The molecule has 0 aromatic carbocycles. The minimum absolute atomic E-state index is 0.586. The van der Waals surface area contributed by atoms with Crippen molar-refractivity contribution in [1.29, 1.82) is 0 Å². The zero-order valence-electron chi connectivity index (χ0n) is 10.0. The Morgan fingerprint density at radius 2 is 2.26 bits per heavy atom. The van der Waals surface area contributed by atoms with Gasteiger partial charge in [0.1, 0.15) is 0 Å². The van der Waals surface area contributed by atoms with Crippen molar-refractivity contribution in [2.24, 2.45) is 0 Å². The Hall–Kier alpha value is -1.18. The number of rotatable bonds is 3. The van der Waals surface area contributed by atoms with Crippen LogP contribution in [-0.4, -0.2) is 21.6 Å². The van der Waals surface area contributed by atoms with E-state index >= 15 is 0 Å². The first-order valence-electron chi connectivity index (χ1n) is 5.55. The molecule has 4 nitrogen and oxygen atoms in total. The number of ether oxygens (including phenoxy) is 1. The number of H-pyrrole nitrogens is 1. The molecule has 0 spiro atoms. The molecule has 0 aliphatic carbocycles. The summed E-state index contributed by atoms with van der Waals surface area (Å²) in [5, 5.41) is 0. The number of halogens is 1. The molecule has 0 amide bonds. The van der Waals surface area contributed by atoms with Gasteiger partial charge in [0, 0.05) is 10.9 Å². The molecule has 0 radical (unpaired) electrons. The highest BCUT2D eigenvalue weighted by molar-refractivity contribution is 9.11. The maximum Gasteiger partial charge on any atom is 0.215 e. The van der Waals surface area contributed by atoms with Crippen LogP contribution in [0.3, 0.4) is 0 Å². The second-order valence-electron chi connectivity index (χ2n) is 3.95. The van der Waals surface area contributed by atoms with Crippen LogP contribution in [0.2, 0.25) is 0 Å². The van der Waals surface area contributed by atoms with Crippen molar-refractivity contribution in [2.45, 2.75) is 6.54 Å². The van der Waals surface area contributed by atoms with E-state index in [1.54, 1.807) is 18.4 Å². The number of nitrogens with zero attached hydrogens (tertiary/aromatic N) is 2. The lowest BCUT2D eigenvalue weighted by molar-refractivity contribution is 0.399. The summed E-state index contributed by atoms with van der Waals surface area (Å²) < 4.78 is 8.92. The summed E-state index contributed by atoms with van der Waals surface area (Å²) in [7, 11) is 1.61. The van der Waals surface area contributed by atoms with Crippen molar-refractivity contribution in [1.82, 2.24) is 14.5 Å². The van der Waals surface area contributed by atoms with Gasteiger partial charge in [-0.3, -0.25) is 4.57 Å². The van der Waals surface area contributed by atoms with E-state index in [4.69, 9.17) is 17.0 Å². The second kappa shape index (κ2) is 5.07. The number of pyridine rings is 1. The van der Waals surface area contributed by atoms with Crippen molar-refractivity contribution in [2.75, 3.05) is 7.11 Å². The number of aromatic nitrogens is 3. The third-order valence-corrected chi connectivity index (χ3v) is 4.67. The van der Waals surface area contributed by atoms with Gasteiger partial charge in [-0.1, -0.05) is 0 Å². The van der Waals surface area contributed by atoms with Crippen LogP contribution in [0.5, 0.6) is 5.88 Å². The lowest BCUT2D eigenvalue weighted by atomic mass is 10.4. The molecular weight excluding hydrogens is 346 g/mol. The average Bonchev–Trinajstić information content (AvgIpc) is 2.94. The summed E-state index contributed by atoms with van der Waals surface area (Å²) in [5.74, 6) is 0.586. The maximum absolute atomic E-state index is 5.36. The molecule has 0 unspecified atom stereocenters. The molecule has 0 bridgehead atoms. The molecule has 0 saturated carbocycles. The minimum Gasteiger partial charge on any atom is -0.481 e.